The van der Waals surface area contributed by atoms with Gasteiger partial charge in [0.2, 0.25) is 0 Å². The van der Waals surface area contributed by atoms with Crippen molar-refractivity contribution in [3.8, 4) is 11.4 Å². The molecule has 1 fully saturated rings. The van der Waals surface area contributed by atoms with E-state index in [0.717, 1.165) is 40.0 Å². The molecule has 0 aliphatic carbocycles. The third kappa shape index (κ3) is 3.02. The van der Waals surface area contributed by atoms with Crippen molar-refractivity contribution >= 4 is 29.2 Å². The van der Waals surface area contributed by atoms with E-state index >= 15 is 0 Å². The molecule has 3 aromatic heterocycles. The predicted octanol–water partition coefficient (Wildman–Crippen LogP) is 2.49. The number of aromatic nitrogens is 4. The fourth-order valence-electron chi connectivity index (χ4n) is 3.37. The number of nitrogens with zero attached hydrogens (tertiary/aromatic N) is 4. The Morgan fingerprint density at radius 1 is 1.31 bits per heavy atom. The first-order valence-electron chi connectivity index (χ1n) is 8.64. The second kappa shape index (κ2) is 6.49. The molecule has 4 rings (SSSR count). The zero-order valence-electron chi connectivity index (χ0n) is 15.1. The molecule has 0 bridgehead atoms. The van der Waals surface area contributed by atoms with Crippen LogP contribution < -0.4 is 10.2 Å². The summed E-state index contributed by atoms with van der Waals surface area (Å²) < 4.78 is 18.6. The van der Waals surface area contributed by atoms with Crippen molar-refractivity contribution in [2.75, 3.05) is 38.0 Å². The molecular weight excluding hydrogens is 349 g/mol. The molecule has 0 spiro atoms. The Morgan fingerprint density at radius 3 is 2.85 bits per heavy atom. The van der Waals surface area contributed by atoms with Gasteiger partial charge in [-0.2, -0.15) is 5.10 Å². The lowest BCUT2D eigenvalue weighted by molar-refractivity contribution is 0.0986. The topological polar surface area (TPSA) is 84.0 Å². The molecule has 0 radical (unpaired) electrons. The molecule has 1 saturated heterocycles. The highest BCUT2D eigenvalue weighted by Gasteiger charge is 2.25. The average Bonchev–Trinajstić information content (AvgIpc) is 3.14. The van der Waals surface area contributed by atoms with Gasteiger partial charge >= 0.3 is 0 Å². The Balaban J connectivity index is 1.99. The first-order valence-corrected chi connectivity index (χ1v) is 11.2. The average molecular weight is 371 g/mol. The summed E-state index contributed by atoms with van der Waals surface area (Å²) in [7, 11) is -2.51. The number of anilines is 1. The van der Waals surface area contributed by atoms with E-state index in [1.165, 1.54) is 0 Å². The molecule has 0 amide bonds. The molecule has 0 aromatic carbocycles. The minimum Gasteiger partial charge on any atom is -0.377 e. The molecule has 0 saturated carbocycles. The van der Waals surface area contributed by atoms with Gasteiger partial charge in [0.05, 0.1) is 24.9 Å². The lowest BCUT2D eigenvalue weighted by Crippen LogP contribution is -2.44. The third-order valence-electron chi connectivity index (χ3n) is 4.69. The largest absolute Gasteiger partial charge is 0.377 e. The summed E-state index contributed by atoms with van der Waals surface area (Å²) in [5, 5.41) is 8.69. The maximum Gasteiger partial charge on any atom is 0.130 e. The van der Waals surface area contributed by atoms with Gasteiger partial charge < -0.3 is 14.2 Å². The van der Waals surface area contributed by atoms with Crippen LogP contribution in [0.5, 0.6) is 0 Å². The first-order chi connectivity index (χ1) is 12.4. The number of fused-ring (bicyclic) bond motifs is 1. The number of morpholine rings is 1. The summed E-state index contributed by atoms with van der Waals surface area (Å²) in [6.07, 6.45) is 3.42. The lowest BCUT2D eigenvalue weighted by Gasteiger charge is -2.34. The van der Waals surface area contributed by atoms with Gasteiger partial charge in [-0.1, -0.05) is 0 Å². The van der Waals surface area contributed by atoms with Gasteiger partial charge in [0.1, 0.15) is 24.2 Å². The van der Waals surface area contributed by atoms with Crippen LogP contribution >= 0.6 is 7.14 Å². The molecule has 1 aliphatic rings. The van der Waals surface area contributed by atoms with Crippen LogP contribution in [0.3, 0.4) is 0 Å². The Morgan fingerprint density at radius 2 is 2.15 bits per heavy atom. The predicted molar refractivity (Wildman–Crippen MR) is 104 cm³/mol. The maximum atomic E-state index is 13.0. The zero-order valence-corrected chi connectivity index (χ0v) is 16.0. The quantitative estimate of drug-likeness (QED) is 0.712. The van der Waals surface area contributed by atoms with Gasteiger partial charge in [-0.25, -0.2) is 4.98 Å². The first kappa shape index (κ1) is 17.2. The third-order valence-corrected chi connectivity index (χ3v) is 6.22. The van der Waals surface area contributed by atoms with E-state index in [1.807, 2.05) is 18.2 Å². The molecule has 136 valence electrons. The summed E-state index contributed by atoms with van der Waals surface area (Å²) in [6, 6.07) is 5.94. The van der Waals surface area contributed by atoms with Crippen molar-refractivity contribution in [2.24, 2.45) is 0 Å². The molecule has 1 aliphatic heterocycles. The van der Waals surface area contributed by atoms with Crippen LogP contribution in [0.25, 0.3) is 22.3 Å². The number of hydrogen-bond donors (Lipinski definition) is 1. The van der Waals surface area contributed by atoms with Crippen molar-refractivity contribution in [1.82, 2.24) is 20.2 Å². The number of nitrogens with one attached hydrogen (secondary N) is 1. The number of rotatable bonds is 3. The van der Waals surface area contributed by atoms with Crippen molar-refractivity contribution in [2.45, 2.75) is 13.0 Å². The summed E-state index contributed by atoms with van der Waals surface area (Å²) in [6.45, 7) is 7.79. The summed E-state index contributed by atoms with van der Waals surface area (Å²) in [5.41, 5.74) is 2.26. The van der Waals surface area contributed by atoms with Crippen LogP contribution in [0.15, 0.2) is 30.6 Å². The summed E-state index contributed by atoms with van der Waals surface area (Å²) in [5.74, 6) is 0.820. The summed E-state index contributed by atoms with van der Waals surface area (Å²) >= 11 is 0. The number of pyridine rings is 2. The Kier molecular flexibility index (Phi) is 4.29. The number of aromatic amines is 1. The second-order valence-electron chi connectivity index (χ2n) is 6.99. The molecule has 8 heteroatoms. The molecule has 1 atom stereocenters. The van der Waals surface area contributed by atoms with Crippen LogP contribution in [0.4, 0.5) is 5.82 Å². The van der Waals surface area contributed by atoms with Gasteiger partial charge in [0.25, 0.3) is 0 Å². The van der Waals surface area contributed by atoms with Gasteiger partial charge in [0.15, 0.2) is 0 Å². The highest BCUT2D eigenvalue weighted by molar-refractivity contribution is 7.70. The van der Waals surface area contributed by atoms with Crippen LogP contribution in [-0.2, 0) is 9.30 Å². The highest BCUT2D eigenvalue weighted by atomic mass is 31.2. The van der Waals surface area contributed by atoms with E-state index in [9.17, 15) is 4.57 Å². The Bertz CT molecular complexity index is 983. The normalized spacial score (nSPS) is 18.4. The minimum absolute atomic E-state index is 0.210. The van der Waals surface area contributed by atoms with Gasteiger partial charge in [-0.3, -0.25) is 10.1 Å². The van der Waals surface area contributed by atoms with Gasteiger partial charge in [0, 0.05) is 29.6 Å². The Hall–Kier alpha value is -2.24. The highest BCUT2D eigenvalue weighted by Crippen LogP contribution is 2.40. The molecule has 1 unspecified atom stereocenters. The van der Waals surface area contributed by atoms with E-state index in [0.29, 0.717) is 13.2 Å². The van der Waals surface area contributed by atoms with Crippen LogP contribution in [-0.4, -0.2) is 59.3 Å². The second-order valence-corrected chi connectivity index (χ2v) is 10.2. The molecule has 4 heterocycles. The maximum absolute atomic E-state index is 13.0. The van der Waals surface area contributed by atoms with Gasteiger partial charge in [-0.15, -0.1) is 0 Å². The molecule has 3 aromatic rings. The van der Waals surface area contributed by atoms with E-state index < -0.39 is 7.14 Å². The fourth-order valence-corrected chi connectivity index (χ4v) is 4.55. The molecular formula is C18H22N5O2P. The van der Waals surface area contributed by atoms with E-state index in [4.69, 9.17) is 9.72 Å². The van der Waals surface area contributed by atoms with Crippen LogP contribution in [0.1, 0.15) is 6.92 Å². The van der Waals surface area contributed by atoms with Crippen molar-refractivity contribution in [1.29, 1.82) is 0 Å². The standard InChI is InChI=1S/C18H22N5O2P/c1-12-11-25-9-8-23(12)16-10-15(26(2,3)24)13-4-6-19-18(17(13)21-16)14-5-7-20-22-14/h4-7,10,12H,8-9,11H2,1-3H3,(H,20,22). The molecule has 1 N–H and O–H groups in total. The molecule has 7 nitrogen and oxygen atoms in total. The van der Waals surface area contributed by atoms with E-state index in [2.05, 4.69) is 27.0 Å². The zero-order chi connectivity index (χ0) is 18.3. The monoisotopic (exact) mass is 371 g/mol. The van der Waals surface area contributed by atoms with Crippen LogP contribution in [0, 0.1) is 0 Å². The minimum atomic E-state index is -2.51. The smallest absolute Gasteiger partial charge is 0.130 e. The lowest BCUT2D eigenvalue weighted by atomic mass is 10.1. The van der Waals surface area contributed by atoms with E-state index in [-0.39, 0.29) is 6.04 Å². The SMILES string of the molecule is CC1COCCN1c1cc(P(C)(C)=O)c2ccnc(-c3ccn[nH]3)c2n1. The van der Waals surface area contributed by atoms with E-state index in [1.54, 1.807) is 25.7 Å². The summed E-state index contributed by atoms with van der Waals surface area (Å²) in [4.78, 5) is 11.6. The van der Waals surface area contributed by atoms with Crippen LogP contribution in [0.2, 0.25) is 0 Å². The Labute approximate surface area is 152 Å². The number of H-pyrrole nitrogens is 1. The van der Waals surface area contributed by atoms with Crippen molar-refractivity contribution in [3.63, 3.8) is 0 Å². The fraction of sp³-hybridized carbons (Fsp3) is 0.389. The van der Waals surface area contributed by atoms with Gasteiger partial charge in [-0.05, 0) is 38.5 Å². The number of ether oxygens (including phenoxy) is 1. The molecule has 26 heavy (non-hydrogen) atoms. The van der Waals surface area contributed by atoms with Crippen molar-refractivity contribution < 1.29 is 9.30 Å². The van der Waals surface area contributed by atoms with Crippen molar-refractivity contribution in [3.05, 3.63) is 30.6 Å². The number of hydrogen-bond acceptors (Lipinski definition) is 6.